The van der Waals surface area contributed by atoms with Gasteiger partial charge in [0.2, 0.25) is 0 Å². The summed E-state index contributed by atoms with van der Waals surface area (Å²) in [5, 5.41) is 5.98. The fraction of sp³-hybridized carbons (Fsp3) is 0.235. The highest BCUT2D eigenvalue weighted by Gasteiger charge is 2.33. The average Bonchev–Trinajstić information content (AvgIpc) is 2.53. The second kappa shape index (κ2) is 6.19. The van der Waals surface area contributed by atoms with Crippen LogP contribution in [0.25, 0.3) is 10.9 Å². The first-order valence-corrected chi connectivity index (χ1v) is 7.58. The number of fused-ring (bicyclic) bond motifs is 1. The number of aromatic amines is 1. The molecule has 0 spiro atoms. The Bertz CT molecular complexity index is 913. The first-order chi connectivity index (χ1) is 11.5. The van der Waals surface area contributed by atoms with E-state index >= 15 is 0 Å². The lowest BCUT2D eigenvalue weighted by Gasteiger charge is -2.27. The Morgan fingerprint density at radius 3 is 2.75 bits per heavy atom. The molecule has 3 N–H and O–H groups in total. The van der Waals surface area contributed by atoms with Gasteiger partial charge in [0.25, 0.3) is 5.56 Å². The molecule has 1 aromatic carbocycles. The Hall–Kier alpha value is -3.09. The summed E-state index contributed by atoms with van der Waals surface area (Å²) in [6.45, 7) is 3.50. The van der Waals surface area contributed by atoms with Gasteiger partial charge in [0.1, 0.15) is 0 Å². The molecule has 7 nitrogen and oxygen atoms in total. The van der Waals surface area contributed by atoms with E-state index in [1.54, 1.807) is 26.0 Å². The van der Waals surface area contributed by atoms with Crippen LogP contribution in [0.4, 0.5) is 4.79 Å². The number of esters is 1. The number of H-pyrrole nitrogens is 1. The molecule has 1 aromatic heterocycles. The van der Waals surface area contributed by atoms with Crippen LogP contribution in [-0.4, -0.2) is 23.6 Å². The highest BCUT2D eigenvalue weighted by molar-refractivity contribution is 5.95. The number of carbonyl (C=O) groups excluding carboxylic acids is 2. The van der Waals surface area contributed by atoms with E-state index < -0.39 is 18.0 Å². The minimum atomic E-state index is -0.869. The maximum atomic E-state index is 12.5. The fourth-order valence-electron chi connectivity index (χ4n) is 2.79. The van der Waals surface area contributed by atoms with Crippen molar-refractivity contribution in [2.75, 3.05) is 6.61 Å². The van der Waals surface area contributed by atoms with Crippen molar-refractivity contribution >= 4 is 22.9 Å². The van der Waals surface area contributed by atoms with Gasteiger partial charge in [-0.05, 0) is 31.4 Å². The largest absolute Gasteiger partial charge is 0.463 e. The number of amides is 2. The van der Waals surface area contributed by atoms with E-state index in [0.717, 1.165) is 5.39 Å². The quantitative estimate of drug-likeness (QED) is 0.747. The highest BCUT2D eigenvalue weighted by Crippen LogP contribution is 2.27. The van der Waals surface area contributed by atoms with Gasteiger partial charge in [0, 0.05) is 16.8 Å². The van der Waals surface area contributed by atoms with Gasteiger partial charge in [-0.1, -0.05) is 18.2 Å². The number of urea groups is 1. The lowest BCUT2D eigenvalue weighted by Crippen LogP contribution is -2.46. The summed E-state index contributed by atoms with van der Waals surface area (Å²) in [4.78, 5) is 39.4. The normalized spacial score (nSPS) is 17.4. The minimum Gasteiger partial charge on any atom is -0.463 e. The Balaban J connectivity index is 2.16. The van der Waals surface area contributed by atoms with Gasteiger partial charge in [-0.15, -0.1) is 0 Å². The number of hydrogen-bond donors (Lipinski definition) is 3. The molecule has 0 bridgehead atoms. The average molecular weight is 327 g/mol. The molecule has 3 rings (SSSR count). The SMILES string of the molecule is CCOC(=O)C1=C(C)NC(=O)N[C@@H]1c1cc2ccccc2[nH]c1=O. The number of allylic oxidation sites excluding steroid dienone is 1. The molecule has 24 heavy (non-hydrogen) atoms. The molecule has 7 heteroatoms. The number of pyridine rings is 1. The van der Waals surface area contributed by atoms with Crippen molar-refractivity contribution in [2.45, 2.75) is 19.9 Å². The summed E-state index contributed by atoms with van der Waals surface area (Å²) in [5.74, 6) is -0.569. The van der Waals surface area contributed by atoms with Crippen LogP contribution < -0.4 is 16.2 Å². The van der Waals surface area contributed by atoms with E-state index in [0.29, 0.717) is 11.2 Å². The molecule has 124 valence electrons. The maximum Gasteiger partial charge on any atom is 0.338 e. The van der Waals surface area contributed by atoms with Crippen molar-refractivity contribution in [3.63, 3.8) is 0 Å². The van der Waals surface area contributed by atoms with Crippen LogP contribution in [0, 0.1) is 0 Å². The maximum absolute atomic E-state index is 12.5. The van der Waals surface area contributed by atoms with Crippen LogP contribution in [0.3, 0.4) is 0 Å². The van der Waals surface area contributed by atoms with E-state index in [1.807, 2.05) is 18.2 Å². The van der Waals surface area contributed by atoms with Crippen molar-refractivity contribution in [2.24, 2.45) is 0 Å². The molecule has 2 amide bonds. The number of benzene rings is 1. The summed E-state index contributed by atoms with van der Waals surface area (Å²) in [6.07, 6.45) is 0. The molecule has 1 aliphatic heterocycles. The van der Waals surface area contributed by atoms with E-state index in [4.69, 9.17) is 4.74 Å². The topological polar surface area (TPSA) is 100 Å². The zero-order chi connectivity index (χ0) is 17.3. The second-order valence-corrected chi connectivity index (χ2v) is 5.43. The van der Waals surface area contributed by atoms with Crippen molar-refractivity contribution < 1.29 is 14.3 Å². The lowest BCUT2D eigenvalue weighted by molar-refractivity contribution is -0.139. The van der Waals surface area contributed by atoms with Gasteiger partial charge in [-0.3, -0.25) is 4.79 Å². The van der Waals surface area contributed by atoms with E-state index in [-0.39, 0.29) is 23.3 Å². The summed E-state index contributed by atoms with van der Waals surface area (Å²) in [5.41, 5.74) is 1.19. The van der Waals surface area contributed by atoms with Crippen molar-refractivity contribution in [3.8, 4) is 0 Å². The molecule has 1 aliphatic rings. The highest BCUT2D eigenvalue weighted by atomic mass is 16.5. The van der Waals surface area contributed by atoms with Gasteiger partial charge in [-0.25, -0.2) is 9.59 Å². The van der Waals surface area contributed by atoms with Crippen LogP contribution in [-0.2, 0) is 9.53 Å². The first kappa shape index (κ1) is 15.8. The molecule has 0 fully saturated rings. The van der Waals surface area contributed by atoms with Crippen LogP contribution in [0.15, 0.2) is 46.4 Å². The second-order valence-electron chi connectivity index (χ2n) is 5.43. The van der Waals surface area contributed by atoms with Gasteiger partial charge in [0.05, 0.1) is 18.2 Å². The van der Waals surface area contributed by atoms with Crippen LogP contribution in [0.1, 0.15) is 25.5 Å². The Kier molecular flexibility index (Phi) is 4.07. The third kappa shape index (κ3) is 2.76. The molecule has 2 heterocycles. The minimum absolute atomic E-state index is 0.199. The van der Waals surface area contributed by atoms with Crippen LogP contribution in [0.5, 0.6) is 0 Å². The number of rotatable bonds is 3. The van der Waals surface area contributed by atoms with Gasteiger partial charge in [-0.2, -0.15) is 0 Å². The van der Waals surface area contributed by atoms with Crippen molar-refractivity contribution in [1.29, 1.82) is 0 Å². The summed E-state index contributed by atoms with van der Waals surface area (Å²) >= 11 is 0. The molecule has 2 aromatic rings. The van der Waals surface area contributed by atoms with E-state index in [2.05, 4.69) is 15.6 Å². The van der Waals surface area contributed by atoms with E-state index in [1.165, 1.54) is 0 Å². The molecule has 1 atom stereocenters. The number of carbonyl (C=O) groups is 2. The zero-order valence-electron chi connectivity index (χ0n) is 13.3. The first-order valence-electron chi connectivity index (χ1n) is 7.58. The van der Waals surface area contributed by atoms with Crippen LogP contribution in [0.2, 0.25) is 0 Å². The fourth-order valence-corrected chi connectivity index (χ4v) is 2.79. The molecule has 0 saturated heterocycles. The standard InChI is InChI=1S/C17H17N3O4/c1-3-24-16(22)13-9(2)18-17(23)20-14(13)11-8-10-6-4-5-7-12(10)19-15(11)21/h4-8,14H,3H2,1-2H3,(H,19,21)(H2,18,20,23)/t14-/m1/s1. The Labute approximate surface area is 137 Å². The summed E-state index contributed by atoms with van der Waals surface area (Å²) in [7, 11) is 0. The smallest absolute Gasteiger partial charge is 0.338 e. The predicted octanol–water partition coefficient (Wildman–Crippen LogP) is 1.72. The van der Waals surface area contributed by atoms with Gasteiger partial charge >= 0.3 is 12.0 Å². The third-order valence-electron chi connectivity index (χ3n) is 3.86. The predicted molar refractivity (Wildman–Crippen MR) is 88.3 cm³/mol. The van der Waals surface area contributed by atoms with Crippen molar-refractivity contribution in [1.82, 2.24) is 15.6 Å². The molecular weight excluding hydrogens is 310 g/mol. The lowest BCUT2D eigenvalue weighted by atomic mass is 9.95. The number of hydrogen-bond acceptors (Lipinski definition) is 4. The van der Waals surface area contributed by atoms with Gasteiger partial charge < -0.3 is 20.4 Å². The number of aromatic nitrogens is 1. The Morgan fingerprint density at radius 2 is 2.00 bits per heavy atom. The molecule has 0 radical (unpaired) electrons. The molecule has 0 aliphatic carbocycles. The Morgan fingerprint density at radius 1 is 1.25 bits per heavy atom. The number of para-hydroxylation sites is 1. The zero-order valence-corrected chi connectivity index (χ0v) is 13.3. The van der Waals surface area contributed by atoms with E-state index in [9.17, 15) is 14.4 Å². The molecule has 0 unspecified atom stereocenters. The monoisotopic (exact) mass is 327 g/mol. The summed E-state index contributed by atoms with van der Waals surface area (Å²) in [6, 6.07) is 7.63. The number of nitrogens with one attached hydrogen (secondary N) is 3. The molecular formula is C17H17N3O4. The third-order valence-corrected chi connectivity index (χ3v) is 3.86. The van der Waals surface area contributed by atoms with Crippen LogP contribution >= 0.6 is 0 Å². The van der Waals surface area contributed by atoms with Gasteiger partial charge in [0.15, 0.2) is 0 Å². The number of ether oxygens (including phenoxy) is 1. The molecule has 0 saturated carbocycles. The van der Waals surface area contributed by atoms with Crippen molar-refractivity contribution in [3.05, 3.63) is 57.5 Å². The summed E-state index contributed by atoms with van der Waals surface area (Å²) < 4.78 is 5.07.